The van der Waals surface area contributed by atoms with Gasteiger partial charge in [0.05, 0.1) is 7.11 Å². The molecule has 7 heteroatoms. The number of hydrogen-bond acceptors (Lipinski definition) is 4. The first-order valence-corrected chi connectivity index (χ1v) is 9.42. The van der Waals surface area contributed by atoms with Gasteiger partial charge in [-0.15, -0.1) is 0 Å². The van der Waals surface area contributed by atoms with Gasteiger partial charge in [0.25, 0.3) is 5.91 Å². The lowest BCUT2D eigenvalue weighted by atomic mass is 10.1. The van der Waals surface area contributed by atoms with Gasteiger partial charge >= 0.3 is 0 Å². The number of carbonyl (C=O) groups is 2. The fourth-order valence-corrected chi connectivity index (χ4v) is 3.47. The summed E-state index contributed by atoms with van der Waals surface area (Å²) in [6.07, 6.45) is 2.38. The molecule has 0 spiro atoms. The Hall–Kier alpha value is -3.09. The van der Waals surface area contributed by atoms with E-state index in [2.05, 4.69) is 4.98 Å². The molecule has 2 aromatic rings. The zero-order valence-corrected chi connectivity index (χ0v) is 16.2. The summed E-state index contributed by atoms with van der Waals surface area (Å²) in [4.78, 5) is 44.0. The van der Waals surface area contributed by atoms with E-state index < -0.39 is 0 Å². The van der Waals surface area contributed by atoms with Gasteiger partial charge in [0.1, 0.15) is 5.69 Å². The average Bonchev–Trinajstić information content (AvgIpc) is 2.87. The Morgan fingerprint density at radius 2 is 2.00 bits per heavy atom. The first-order chi connectivity index (χ1) is 13.5. The molecular weight excluding hydrogens is 358 g/mol. The van der Waals surface area contributed by atoms with Crippen molar-refractivity contribution < 1.29 is 14.3 Å². The molecule has 0 unspecified atom stereocenters. The molecule has 148 valence electrons. The lowest BCUT2D eigenvalue weighted by Gasteiger charge is -2.31. The summed E-state index contributed by atoms with van der Waals surface area (Å²) in [5.74, 6) is -0.0927. The molecule has 1 saturated heterocycles. The van der Waals surface area contributed by atoms with Gasteiger partial charge in [-0.05, 0) is 12.0 Å². The number of benzene rings is 1. The Bertz CT molecular complexity index is 894. The van der Waals surface area contributed by atoms with Crippen molar-refractivity contribution in [3.8, 4) is 5.75 Å². The summed E-state index contributed by atoms with van der Waals surface area (Å²) in [6.45, 7) is 3.30. The number of pyridine rings is 1. The Kier molecular flexibility index (Phi) is 6.13. The van der Waals surface area contributed by atoms with Crippen LogP contribution in [0.3, 0.4) is 0 Å². The van der Waals surface area contributed by atoms with Crippen LogP contribution in [0.4, 0.5) is 0 Å². The van der Waals surface area contributed by atoms with Crippen molar-refractivity contribution in [2.45, 2.75) is 32.4 Å². The molecule has 1 aliphatic rings. The summed E-state index contributed by atoms with van der Waals surface area (Å²) in [7, 11) is 1.40. The molecular formula is C21H25N3O4. The van der Waals surface area contributed by atoms with Crippen molar-refractivity contribution in [3.63, 3.8) is 0 Å². The summed E-state index contributed by atoms with van der Waals surface area (Å²) in [5.41, 5.74) is 0.909. The maximum Gasteiger partial charge on any atom is 0.270 e. The molecule has 2 heterocycles. The molecule has 2 amide bonds. The quantitative estimate of drug-likeness (QED) is 0.857. The van der Waals surface area contributed by atoms with Crippen LogP contribution in [0.15, 0.2) is 47.4 Å². The lowest BCUT2D eigenvalue weighted by Crippen LogP contribution is -2.44. The predicted octanol–water partition coefficient (Wildman–Crippen LogP) is 2.04. The number of aromatic nitrogens is 1. The van der Waals surface area contributed by atoms with E-state index in [1.165, 1.54) is 19.4 Å². The Morgan fingerprint density at radius 1 is 1.25 bits per heavy atom. The van der Waals surface area contributed by atoms with E-state index in [1.807, 2.05) is 42.2 Å². The lowest BCUT2D eigenvalue weighted by molar-refractivity contribution is -0.133. The smallest absolute Gasteiger partial charge is 0.270 e. The van der Waals surface area contributed by atoms with Gasteiger partial charge in [0.15, 0.2) is 5.75 Å². The Balaban J connectivity index is 1.79. The number of hydrogen-bond donors (Lipinski definition) is 1. The van der Waals surface area contributed by atoms with Gasteiger partial charge in [-0.1, -0.05) is 37.3 Å². The molecule has 0 radical (unpaired) electrons. The van der Waals surface area contributed by atoms with E-state index in [4.69, 9.17) is 4.74 Å². The summed E-state index contributed by atoms with van der Waals surface area (Å²) < 4.78 is 4.94. The van der Waals surface area contributed by atoms with E-state index in [9.17, 15) is 14.4 Å². The van der Waals surface area contributed by atoms with Crippen LogP contribution in [0.25, 0.3) is 0 Å². The largest absolute Gasteiger partial charge is 0.491 e. The molecule has 1 aliphatic heterocycles. The topological polar surface area (TPSA) is 82.7 Å². The number of H-pyrrole nitrogens is 1. The highest BCUT2D eigenvalue weighted by Crippen LogP contribution is 2.19. The van der Waals surface area contributed by atoms with Gasteiger partial charge in [-0.3, -0.25) is 14.4 Å². The molecule has 0 bridgehead atoms. The van der Waals surface area contributed by atoms with Crippen molar-refractivity contribution >= 4 is 11.8 Å². The predicted molar refractivity (Wildman–Crippen MR) is 105 cm³/mol. The normalized spacial score (nSPS) is 17.4. The van der Waals surface area contributed by atoms with Crippen molar-refractivity contribution in [3.05, 3.63) is 64.1 Å². The van der Waals surface area contributed by atoms with Crippen molar-refractivity contribution in [1.82, 2.24) is 14.8 Å². The van der Waals surface area contributed by atoms with Gasteiger partial charge in [-0.2, -0.15) is 0 Å². The van der Waals surface area contributed by atoms with Crippen molar-refractivity contribution in [2.24, 2.45) is 0 Å². The van der Waals surface area contributed by atoms with E-state index in [-0.39, 0.29) is 41.1 Å². The fourth-order valence-electron chi connectivity index (χ4n) is 3.47. The van der Waals surface area contributed by atoms with E-state index in [0.29, 0.717) is 19.6 Å². The second-order valence-electron chi connectivity index (χ2n) is 6.85. The number of aromatic amines is 1. The summed E-state index contributed by atoms with van der Waals surface area (Å²) in [5, 5.41) is 0. The first kappa shape index (κ1) is 19.7. The third-order valence-corrected chi connectivity index (χ3v) is 5.07. The highest BCUT2D eigenvalue weighted by Gasteiger charge is 2.31. The molecule has 0 saturated carbocycles. The van der Waals surface area contributed by atoms with Crippen LogP contribution in [0.2, 0.25) is 0 Å². The van der Waals surface area contributed by atoms with Gasteiger partial charge in [0.2, 0.25) is 11.3 Å². The average molecular weight is 383 g/mol. The number of carbonyl (C=O) groups excluding carboxylic acids is 2. The first-order valence-electron chi connectivity index (χ1n) is 9.42. The van der Waals surface area contributed by atoms with Crippen LogP contribution in [-0.2, 0) is 11.3 Å². The standard InChI is InChI=1S/C21H25N3O4/c1-3-16-14-23(21(27)17-11-18(25)19(28-2)12-22-17)10-9-20(26)24(16)13-15-7-5-4-6-8-15/h4-8,11-12,16H,3,9-10,13-14H2,1-2H3,(H,22,25)/t16-/m0/s1. The van der Waals surface area contributed by atoms with Crippen LogP contribution in [0.5, 0.6) is 5.75 Å². The molecule has 3 rings (SSSR count). The highest BCUT2D eigenvalue weighted by molar-refractivity contribution is 5.93. The number of methoxy groups -OCH3 is 1. The molecule has 1 atom stereocenters. The van der Waals surface area contributed by atoms with Crippen LogP contribution in [0, 0.1) is 0 Å². The SMILES string of the molecule is CC[C@H]1CN(C(=O)c2cc(=O)c(OC)c[nH]2)CCC(=O)N1Cc1ccccc1. The monoisotopic (exact) mass is 383 g/mol. The fraction of sp³-hybridized carbons (Fsp3) is 0.381. The maximum atomic E-state index is 12.9. The third kappa shape index (κ3) is 4.24. The Morgan fingerprint density at radius 3 is 2.64 bits per heavy atom. The van der Waals surface area contributed by atoms with Crippen LogP contribution >= 0.6 is 0 Å². The van der Waals surface area contributed by atoms with Crippen LogP contribution in [-0.4, -0.2) is 52.8 Å². The minimum atomic E-state index is -0.353. The second-order valence-corrected chi connectivity index (χ2v) is 6.85. The minimum absolute atomic E-state index is 0.0363. The van der Waals surface area contributed by atoms with E-state index >= 15 is 0 Å². The molecule has 28 heavy (non-hydrogen) atoms. The molecule has 1 aromatic carbocycles. The molecule has 1 aromatic heterocycles. The number of nitrogens with zero attached hydrogens (tertiary/aromatic N) is 2. The van der Waals surface area contributed by atoms with Crippen molar-refractivity contribution in [2.75, 3.05) is 20.2 Å². The zero-order valence-electron chi connectivity index (χ0n) is 16.2. The number of amides is 2. The number of rotatable bonds is 5. The zero-order chi connectivity index (χ0) is 20.1. The summed E-state index contributed by atoms with van der Waals surface area (Å²) in [6, 6.07) is 11.0. The maximum absolute atomic E-state index is 12.9. The number of nitrogens with one attached hydrogen (secondary N) is 1. The molecule has 7 nitrogen and oxygen atoms in total. The molecule has 1 N–H and O–H groups in total. The Labute approximate surface area is 163 Å². The van der Waals surface area contributed by atoms with Gasteiger partial charge in [0, 0.05) is 44.4 Å². The van der Waals surface area contributed by atoms with E-state index in [1.54, 1.807) is 4.90 Å². The van der Waals surface area contributed by atoms with Gasteiger partial charge < -0.3 is 19.5 Å². The highest BCUT2D eigenvalue weighted by atomic mass is 16.5. The third-order valence-electron chi connectivity index (χ3n) is 5.07. The van der Waals surface area contributed by atoms with Crippen molar-refractivity contribution in [1.29, 1.82) is 0 Å². The molecule has 1 fully saturated rings. The number of ether oxygens (including phenoxy) is 1. The minimum Gasteiger partial charge on any atom is -0.491 e. The molecule has 0 aliphatic carbocycles. The van der Waals surface area contributed by atoms with Crippen LogP contribution in [0.1, 0.15) is 35.8 Å². The summed E-state index contributed by atoms with van der Waals surface area (Å²) >= 11 is 0. The second kappa shape index (κ2) is 8.73. The van der Waals surface area contributed by atoms with Crippen LogP contribution < -0.4 is 10.2 Å². The van der Waals surface area contributed by atoms with Gasteiger partial charge in [-0.25, -0.2) is 0 Å². The van der Waals surface area contributed by atoms with E-state index in [0.717, 1.165) is 12.0 Å².